The number of aliphatic carboxylic acids is 1. The normalized spacial score (nSPS) is 12.4. The third-order valence-electron chi connectivity index (χ3n) is 2.66. The van der Waals surface area contributed by atoms with E-state index < -0.39 is 5.97 Å². The van der Waals surface area contributed by atoms with E-state index in [1.165, 1.54) is 0 Å². The van der Waals surface area contributed by atoms with Crippen molar-refractivity contribution in [2.24, 2.45) is 0 Å². The molecule has 0 spiro atoms. The maximum Gasteiger partial charge on any atom is 0.317 e. The predicted molar refractivity (Wildman–Crippen MR) is 74.3 cm³/mol. The molecule has 1 rings (SSSR count). The van der Waals surface area contributed by atoms with Crippen LogP contribution >= 0.6 is 23.2 Å². The van der Waals surface area contributed by atoms with Crippen LogP contribution in [0.2, 0.25) is 10.0 Å². The molecule has 5 heteroatoms. The summed E-state index contributed by atoms with van der Waals surface area (Å²) >= 11 is 12.0. The van der Waals surface area contributed by atoms with Gasteiger partial charge in [0.2, 0.25) is 0 Å². The third-order valence-corrected chi connectivity index (χ3v) is 3.22. The molecule has 0 radical (unpaired) electrons. The summed E-state index contributed by atoms with van der Waals surface area (Å²) in [4.78, 5) is 12.6. The zero-order chi connectivity index (χ0) is 13.7. The molecular weight excluding hydrogens is 273 g/mol. The van der Waals surface area contributed by atoms with E-state index >= 15 is 0 Å². The van der Waals surface area contributed by atoms with Crippen molar-refractivity contribution < 1.29 is 9.90 Å². The summed E-state index contributed by atoms with van der Waals surface area (Å²) in [6, 6.07) is 5.09. The molecule has 0 aliphatic rings. The number of halogens is 2. The van der Waals surface area contributed by atoms with Crippen LogP contribution in [0.15, 0.2) is 30.9 Å². The van der Waals surface area contributed by atoms with Gasteiger partial charge in [-0.2, -0.15) is 0 Å². The number of benzene rings is 1. The highest BCUT2D eigenvalue weighted by atomic mass is 35.5. The van der Waals surface area contributed by atoms with E-state index in [9.17, 15) is 4.79 Å². The molecule has 0 bridgehead atoms. The van der Waals surface area contributed by atoms with Crippen molar-refractivity contribution >= 4 is 29.2 Å². The lowest BCUT2D eigenvalue weighted by Gasteiger charge is -2.27. The summed E-state index contributed by atoms with van der Waals surface area (Å²) in [5.74, 6) is -0.881. The highest BCUT2D eigenvalue weighted by Crippen LogP contribution is 2.29. The summed E-state index contributed by atoms with van der Waals surface area (Å²) in [6.07, 6.45) is 1.67. The van der Waals surface area contributed by atoms with Gasteiger partial charge in [-0.1, -0.05) is 35.3 Å². The zero-order valence-corrected chi connectivity index (χ0v) is 11.6. The fraction of sp³-hybridized carbons (Fsp3) is 0.308. The van der Waals surface area contributed by atoms with Gasteiger partial charge >= 0.3 is 5.97 Å². The summed E-state index contributed by atoms with van der Waals surface area (Å²) < 4.78 is 0. The molecule has 98 valence electrons. The van der Waals surface area contributed by atoms with Crippen LogP contribution in [0.25, 0.3) is 0 Å². The molecule has 1 unspecified atom stereocenters. The monoisotopic (exact) mass is 287 g/mol. The first-order chi connectivity index (χ1) is 8.45. The average molecular weight is 288 g/mol. The van der Waals surface area contributed by atoms with Crippen molar-refractivity contribution in [3.05, 3.63) is 46.5 Å². The van der Waals surface area contributed by atoms with Gasteiger partial charge in [-0.15, -0.1) is 6.58 Å². The van der Waals surface area contributed by atoms with Crippen LogP contribution in [0.1, 0.15) is 18.5 Å². The lowest BCUT2D eigenvalue weighted by atomic mass is 10.1. The maximum atomic E-state index is 10.8. The Hall–Kier alpha value is -1.03. The molecule has 1 aromatic carbocycles. The first-order valence-corrected chi connectivity index (χ1v) is 6.23. The number of carbonyl (C=O) groups is 1. The predicted octanol–water partition coefficient (Wildman–Crippen LogP) is 3.63. The molecule has 1 atom stereocenters. The SMILES string of the molecule is C=CCN(CC(=O)O)C(C)c1ccc(Cl)cc1Cl. The lowest BCUT2D eigenvalue weighted by molar-refractivity contribution is -0.138. The van der Waals surface area contributed by atoms with E-state index in [1.54, 1.807) is 23.1 Å². The lowest BCUT2D eigenvalue weighted by Crippen LogP contribution is -2.32. The summed E-state index contributed by atoms with van der Waals surface area (Å²) in [5, 5.41) is 9.99. The third kappa shape index (κ3) is 4.02. The van der Waals surface area contributed by atoms with E-state index in [2.05, 4.69) is 6.58 Å². The van der Waals surface area contributed by atoms with E-state index in [-0.39, 0.29) is 12.6 Å². The van der Waals surface area contributed by atoms with Gasteiger partial charge in [0.1, 0.15) is 0 Å². The van der Waals surface area contributed by atoms with Gasteiger partial charge < -0.3 is 5.11 Å². The number of carboxylic acid groups (broad SMARTS) is 1. The molecule has 0 fully saturated rings. The van der Waals surface area contributed by atoms with Crippen molar-refractivity contribution in [2.75, 3.05) is 13.1 Å². The average Bonchev–Trinajstić information content (AvgIpc) is 2.27. The first-order valence-electron chi connectivity index (χ1n) is 5.47. The summed E-state index contributed by atoms with van der Waals surface area (Å²) in [5.41, 5.74) is 0.851. The first kappa shape index (κ1) is 15.0. The molecule has 0 saturated heterocycles. The summed E-state index contributed by atoms with van der Waals surface area (Å²) in [6.45, 7) is 5.95. The minimum absolute atomic E-state index is 0.0634. The molecule has 18 heavy (non-hydrogen) atoms. The Morgan fingerprint density at radius 1 is 1.56 bits per heavy atom. The van der Waals surface area contributed by atoms with Crippen LogP contribution in [0.4, 0.5) is 0 Å². The molecule has 0 aliphatic heterocycles. The highest BCUT2D eigenvalue weighted by molar-refractivity contribution is 6.35. The van der Waals surface area contributed by atoms with E-state index in [0.29, 0.717) is 16.6 Å². The smallest absolute Gasteiger partial charge is 0.317 e. The molecule has 0 amide bonds. The fourth-order valence-corrected chi connectivity index (χ4v) is 2.30. The van der Waals surface area contributed by atoms with Crippen molar-refractivity contribution in [2.45, 2.75) is 13.0 Å². The largest absolute Gasteiger partial charge is 0.480 e. The van der Waals surface area contributed by atoms with Gasteiger partial charge in [-0.05, 0) is 24.6 Å². The minimum Gasteiger partial charge on any atom is -0.480 e. The van der Waals surface area contributed by atoms with Crippen LogP contribution in [0, 0.1) is 0 Å². The Morgan fingerprint density at radius 2 is 2.22 bits per heavy atom. The van der Waals surface area contributed by atoms with Gasteiger partial charge in [-0.3, -0.25) is 9.69 Å². The van der Waals surface area contributed by atoms with Crippen molar-refractivity contribution in [3.63, 3.8) is 0 Å². The van der Waals surface area contributed by atoms with E-state index in [0.717, 1.165) is 5.56 Å². The number of hydrogen-bond donors (Lipinski definition) is 1. The number of nitrogens with zero attached hydrogens (tertiary/aromatic N) is 1. The van der Waals surface area contributed by atoms with E-state index in [1.807, 2.05) is 13.0 Å². The van der Waals surface area contributed by atoms with Crippen molar-refractivity contribution in [1.29, 1.82) is 0 Å². The van der Waals surface area contributed by atoms with Crippen molar-refractivity contribution in [3.8, 4) is 0 Å². The number of carboxylic acids is 1. The van der Waals surface area contributed by atoms with Gasteiger partial charge in [-0.25, -0.2) is 0 Å². The second-order valence-corrected chi connectivity index (χ2v) is 4.80. The second-order valence-electron chi connectivity index (χ2n) is 3.95. The Kier molecular flexibility index (Phi) is 5.66. The molecule has 1 aromatic rings. The number of hydrogen-bond acceptors (Lipinski definition) is 2. The Labute approximate surface area is 117 Å². The quantitative estimate of drug-likeness (QED) is 0.813. The zero-order valence-electron chi connectivity index (χ0n) is 10.1. The Balaban J connectivity index is 2.96. The van der Waals surface area contributed by atoms with Crippen LogP contribution < -0.4 is 0 Å². The Morgan fingerprint density at radius 3 is 2.72 bits per heavy atom. The maximum absolute atomic E-state index is 10.8. The van der Waals surface area contributed by atoms with Crippen molar-refractivity contribution in [1.82, 2.24) is 4.90 Å². The molecule has 0 aliphatic carbocycles. The Bertz CT molecular complexity index is 449. The standard InChI is InChI=1S/C13H15Cl2NO2/c1-3-6-16(8-13(17)18)9(2)11-5-4-10(14)7-12(11)15/h3-5,7,9H,1,6,8H2,2H3,(H,17,18). The minimum atomic E-state index is -0.881. The second kappa shape index (κ2) is 6.78. The van der Waals surface area contributed by atoms with Gasteiger partial charge in [0, 0.05) is 22.6 Å². The fourth-order valence-electron chi connectivity index (χ4n) is 1.74. The highest BCUT2D eigenvalue weighted by Gasteiger charge is 2.19. The van der Waals surface area contributed by atoms with Gasteiger partial charge in [0.15, 0.2) is 0 Å². The molecule has 0 aromatic heterocycles. The van der Waals surface area contributed by atoms with E-state index in [4.69, 9.17) is 28.3 Å². The molecule has 1 N–H and O–H groups in total. The van der Waals surface area contributed by atoms with Gasteiger partial charge in [0.25, 0.3) is 0 Å². The topological polar surface area (TPSA) is 40.5 Å². The molecule has 0 heterocycles. The molecule has 0 saturated carbocycles. The van der Waals surface area contributed by atoms with Crippen LogP contribution in [0.5, 0.6) is 0 Å². The van der Waals surface area contributed by atoms with Crippen LogP contribution in [0.3, 0.4) is 0 Å². The molecule has 3 nitrogen and oxygen atoms in total. The molecular formula is C13H15Cl2NO2. The summed E-state index contributed by atoms with van der Waals surface area (Å²) in [7, 11) is 0. The van der Waals surface area contributed by atoms with Gasteiger partial charge in [0.05, 0.1) is 6.54 Å². The van der Waals surface area contributed by atoms with Crippen LogP contribution in [-0.4, -0.2) is 29.1 Å². The number of rotatable bonds is 6. The van der Waals surface area contributed by atoms with Crippen LogP contribution in [-0.2, 0) is 4.79 Å².